The average Bonchev–Trinajstić information content (AvgIpc) is 2.95. The Morgan fingerprint density at radius 3 is 2.67 bits per heavy atom. The van der Waals surface area contributed by atoms with Crippen molar-refractivity contribution in [3.63, 3.8) is 0 Å². The number of thiophene rings is 1. The Morgan fingerprint density at radius 1 is 1.48 bits per heavy atom. The molecule has 21 heavy (non-hydrogen) atoms. The standard InChI is InChI=1S/C13H18N2O4S2/c1-4-21(18,19)6-5-15-12-9(11(14-15)8(2)3)7-10(20-12)13(16)17/h7-8H,4-6H2,1-3H3,(H,16,17). The van der Waals surface area contributed by atoms with Crippen LogP contribution >= 0.6 is 11.3 Å². The van der Waals surface area contributed by atoms with Crippen molar-refractivity contribution in [2.75, 3.05) is 11.5 Å². The molecule has 0 aliphatic rings. The molecule has 1 N–H and O–H groups in total. The molecular weight excluding hydrogens is 312 g/mol. The van der Waals surface area contributed by atoms with E-state index in [2.05, 4.69) is 5.10 Å². The average molecular weight is 330 g/mol. The van der Waals surface area contributed by atoms with Crippen molar-refractivity contribution < 1.29 is 18.3 Å². The molecule has 116 valence electrons. The molecule has 2 heterocycles. The monoisotopic (exact) mass is 330 g/mol. The Balaban J connectivity index is 2.45. The number of carboxylic acid groups (broad SMARTS) is 1. The van der Waals surface area contributed by atoms with E-state index in [4.69, 9.17) is 5.11 Å². The smallest absolute Gasteiger partial charge is 0.345 e. The first-order valence-corrected chi connectivity index (χ1v) is 9.33. The summed E-state index contributed by atoms with van der Waals surface area (Å²) in [6, 6.07) is 1.62. The van der Waals surface area contributed by atoms with Gasteiger partial charge in [0.2, 0.25) is 0 Å². The third kappa shape index (κ3) is 3.26. The van der Waals surface area contributed by atoms with Crippen molar-refractivity contribution in [1.82, 2.24) is 9.78 Å². The molecule has 2 aromatic heterocycles. The molecule has 2 rings (SSSR count). The summed E-state index contributed by atoms with van der Waals surface area (Å²) in [6.07, 6.45) is 0. The quantitative estimate of drug-likeness (QED) is 0.878. The maximum Gasteiger partial charge on any atom is 0.345 e. The molecule has 0 saturated carbocycles. The molecule has 0 radical (unpaired) electrons. The molecule has 8 heteroatoms. The fraction of sp³-hybridized carbons (Fsp3) is 0.538. The molecular formula is C13H18N2O4S2. The van der Waals surface area contributed by atoms with E-state index >= 15 is 0 Å². The first kappa shape index (κ1) is 16.0. The van der Waals surface area contributed by atoms with E-state index in [0.717, 1.165) is 27.2 Å². The number of aryl methyl sites for hydroxylation is 1. The molecule has 0 unspecified atom stereocenters. The molecule has 0 spiro atoms. The van der Waals surface area contributed by atoms with Crippen molar-refractivity contribution in [1.29, 1.82) is 0 Å². The highest BCUT2D eigenvalue weighted by atomic mass is 32.2. The Labute approximate surface area is 127 Å². The van der Waals surface area contributed by atoms with Crippen LogP contribution in [0.1, 0.15) is 42.1 Å². The van der Waals surface area contributed by atoms with Gasteiger partial charge in [0.25, 0.3) is 0 Å². The second-order valence-electron chi connectivity index (χ2n) is 5.13. The van der Waals surface area contributed by atoms with E-state index in [-0.39, 0.29) is 28.8 Å². The fourth-order valence-corrected chi connectivity index (χ4v) is 3.76. The highest BCUT2D eigenvalue weighted by molar-refractivity contribution is 7.91. The van der Waals surface area contributed by atoms with Crippen molar-refractivity contribution in [3.8, 4) is 0 Å². The highest BCUT2D eigenvalue weighted by Crippen LogP contribution is 2.32. The number of fused-ring (bicyclic) bond motifs is 1. The van der Waals surface area contributed by atoms with Crippen LogP contribution < -0.4 is 0 Å². The molecule has 0 amide bonds. The summed E-state index contributed by atoms with van der Waals surface area (Å²) in [5.41, 5.74) is 0.808. The number of carbonyl (C=O) groups is 1. The zero-order valence-electron chi connectivity index (χ0n) is 12.2. The highest BCUT2D eigenvalue weighted by Gasteiger charge is 2.20. The predicted octanol–water partition coefficient (Wildman–Crippen LogP) is 2.35. The van der Waals surface area contributed by atoms with Gasteiger partial charge in [-0.1, -0.05) is 20.8 Å². The summed E-state index contributed by atoms with van der Waals surface area (Å²) in [6.45, 7) is 5.82. The van der Waals surface area contributed by atoms with Crippen LogP contribution in [-0.2, 0) is 16.4 Å². The maximum atomic E-state index is 11.6. The first-order chi connectivity index (χ1) is 9.75. The topological polar surface area (TPSA) is 89.3 Å². The number of aromatic carboxylic acids is 1. The van der Waals surface area contributed by atoms with Crippen molar-refractivity contribution in [2.45, 2.75) is 33.2 Å². The van der Waals surface area contributed by atoms with E-state index in [1.807, 2.05) is 13.8 Å². The number of sulfone groups is 1. The van der Waals surface area contributed by atoms with Gasteiger partial charge in [-0.2, -0.15) is 5.10 Å². The maximum absolute atomic E-state index is 11.6. The van der Waals surface area contributed by atoms with Gasteiger partial charge in [-0.25, -0.2) is 13.2 Å². The lowest BCUT2D eigenvalue weighted by Gasteiger charge is -2.03. The zero-order valence-corrected chi connectivity index (χ0v) is 13.8. The first-order valence-electron chi connectivity index (χ1n) is 6.69. The van der Waals surface area contributed by atoms with E-state index in [1.54, 1.807) is 17.7 Å². The third-order valence-electron chi connectivity index (χ3n) is 3.26. The van der Waals surface area contributed by atoms with Gasteiger partial charge >= 0.3 is 5.97 Å². The van der Waals surface area contributed by atoms with E-state index in [1.165, 1.54) is 0 Å². The minimum Gasteiger partial charge on any atom is -0.477 e. The van der Waals surface area contributed by atoms with Crippen LogP contribution in [0.5, 0.6) is 0 Å². The van der Waals surface area contributed by atoms with E-state index in [9.17, 15) is 13.2 Å². The number of rotatable bonds is 6. The summed E-state index contributed by atoms with van der Waals surface area (Å²) in [5, 5.41) is 14.4. The van der Waals surface area contributed by atoms with Crippen LogP contribution in [-0.4, -0.2) is 40.8 Å². The summed E-state index contributed by atoms with van der Waals surface area (Å²) >= 11 is 1.13. The van der Waals surface area contributed by atoms with E-state index < -0.39 is 15.8 Å². The number of carboxylic acids is 1. The second-order valence-corrected chi connectivity index (χ2v) is 8.64. The summed E-state index contributed by atoms with van der Waals surface area (Å²) in [4.78, 5) is 12.1. The molecule has 0 aliphatic carbocycles. The molecule has 2 aromatic rings. The van der Waals surface area contributed by atoms with Gasteiger partial charge in [0.15, 0.2) is 9.84 Å². The second kappa shape index (κ2) is 5.76. The van der Waals surface area contributed by atoms with Crippen LogP contribution in [0.2, 0.25) is 0 Å². The van der Waals surface area contributed by atoms with Gasteiger partial charge < -0.3 is 5.11 Å². The molecule has 0 fully saturated rings. The Kier molecular flexibility index (Phi) is 4.38. The van der Waals surface area contributed by atoms with Crippen molar-refractivity contribution in [2.24, 2.45) is 0 Å². The minimum atomic E-state index is -3.08. The van der Waals surface area contributed by atoms with Crippen LogP contribution in [0.4, 0.5) is 0 Å². The zero-order chi connectivity index (χ0) is 15.8. The lowest BCUT2D eigenvalue weighted by atomic mass is 10.1. The van der Waals surface area contributed by atoms with Gasteiger partial charge in [0.05, 0.1) is 18.0 Å². The van der Waals surface area contributed by atoms with Gasteiger partial charge in [0.1, 0.15) is 9.71 Å². The Bertz CT molecular complexity index is 772. The Hall–Kier alpha value is -1.41. The van der Waals surface area contributed by atoms with Gasteiger partial charge in [-0.05, 0) is 12.0 Å². The predicted molar refractivity (Wildman–Crippen MR) is 83.0 cm³/mol. The normalized spacial score (nSPS) is 12.4. The van der Waals surface area contributed by atoms with Gasteiger partial charge in [-0.3, -0.25) is 4.68 Å². The number of hydrogen-bond donors (Lipinski definition) is 1. The van der Waals surface area contributed by atoms with Gasteiger partial charge in [-0.15, -0.1) is 11.3 Å². The van der Waals surface area contributed by atoms with Crippen molar-refractivity contribution >= 4 is 37.4 Å². The van der Waals surface area contributed by atoms with Crippen LogP contribution in [0.15, 0.2) is 6.07 Å². The molecule has 0 bridgehead atoms. The van der Waals surface area contributed by atoms with Crippen LogP contribution in [0.25, 0.3) is 10.2 Å². The molecule has 0 atom stereocenters. The molecule has 0 aromatic carbocycles. The van der Waals surface area contributed by atoms with Gasteiger partial charge in [0, 0.05) is 11.1 Å². The van der Waals surface area contributed by atoms with Crippen LogP contribution in [0, 0.1) is 0 Å². The summed E-state index contributed by atoms with van der Waals surface area (Å²) < 4.78 is 24.9. The lowest BCUT2D eigenvalue weighted by Crippen LogP contribution is -2.15. The van der Waals surface area contributed by atoms with Crippen LogP contribution in [0.3, 0.4) is 0 Å². The number of nitrogens with zero attached hydrogens (tertiary/aromatic N) is 2. The third-order valence-corrected chi connectivity index (χ3v) is 6.08. The largest absolute Gasteiger partial charge is 0.477 e. The molecule has 0 aliphatic heterocycles. The summed E-state index contributed by atoms with van der Waals surface area (Å²) in [5.74, 6) is -0.719. The number of aromatic nitrogens is 2. The molecule has 6 nitrogen and oxygen atoms in total. The number of hydrogen-bond acceptors (Lipinski definition) is 5. The summed E-state index contributed by atoms with van der Waals surface area (Å²) in [7, 11) is -3.08. The van der Waals surface area contributed by atoms with E-state index in [0.29, 0.717) is 0 Å². The lowest BCUT2D eigenvalue weighted by molar-refractivity contribution is 0.0702. The van der Waals surface area contributed by atoms with Crippen molar-refractivity contribution in [3.05, 3.63) is 16.6 Å². The SMILES string of the molecule is CCS(=O)(=O)CCn1nc(C(C)C)c2cc(C(=O)O)sc21. The molecule has 0 saturated heterocycles. The fourth-order valence-electron chi connectivity index (χ4n) is 2.04. The minimum absolute atomic E-state index is 0.0120. The Morgan fingerprint density at radius 2 is 2.14 bits per heavy atom.